The third-order valence-corrected chi connectivity index (χ3v) is 5.68. The number of methoxy groups -OCH3 is 2. The van der Waals surface area contributed by atoms with Crippen molar-refractivity contribution >= 4 is 16.6 Å². The Morgan fingerprint density at radius 3 is 2.41 bits per heavy atom. The summed E-state index contributed by atoms with van der Waals surface area (Å²) in [6, 6.07) is 16.8. The Morgan fingerprint density at radius 1 is 0.966 bits per heavy atom. The molecule has 152 valence electrons. The number of aromatic nitrogens is 2. The molecule has 0 unspecified atom stereocenters. The lowest BCUT2D eigenvalue weighted by atomic mass is 10.0. The lowest BCUT2D eigenvalue weighted by Crippen LogP contribution is -2.53. The standard InChI is InChI=1S/C23H28N4O2/c1-17-16-27(13-12-26(17)14-15-28-2)23-21-7-5-4-6-20(21)22(24-25-23)18-8-10-19(29-3)11-9-18/h4-11,17H,12-16H2,1-3H3/t17-/m0/s1. The minimum absolute atomic E-state index is 0.445. The van der Waals surface area contributed by atoms with Gasteiger partial charge in [-0.05, 0) is 31.2 Å². The largest absolute Gasteiger partial charge is 0.497 e. The number of hydrogen-bond donors (Lipinski definition) is 0. The van der Waals surface area contributed by atoms with Crippen LogP contribution in [0.25, 0.3) is 22.0 Å². The van der Waals surface area contributed by atoms with Gasteiger partial charge in [0.1, 0.15) is 11.4 Å². The Morgan fingerprint density at radius 2 is 1.72 bits per heavy atom. The van der Waals surface area contributed by atoms with Crippen LogP contribution >= 0.6 is 0 Å². The maximum Gasteiger partial charge on any atom is 0.159 e. The quantitative estimate of drug-likeness (QED) is 0.640. The number of hydrogen-bond acceptors (Lipinski definition) is 6. The van der Waals surface area contributed by atoms with Crippen molar-refractivity contribution in [2.75, 3.05) is 51.9 Å². The lowest BCUT2D eigenvalue weighted by molar-refractivity contribution is 0.117. The summed E-state index contributed by atoms with van der Waals surface area (Å²) in [5.41, 5.74) is 1.94. The van der Waals surface area contributed by atoms with Gasteiger partial charge < -0.3 is 14.4 Å². The van der Waals surface area contributed by atoms with Gasteiger partial charge in [0.2, 0.25) is 0 Å². The third kappa shape index (κ3) is 4.04. The van der Waals surface area contributed by atoms with E-state index < -0.39 is 0 Å². The monoisotopic (exact) mass is 392 g/mol. The van der Waals surface area contributed by atoms with Gasteiger partial charge in [0.05, 0.1) is 13.7 Å². The number of fused-ring (bicyclic) bond motifs is 1. The Labute approximate surface area is 172 Å². The molecule has 3 aromatic rings. The van der Waals surface area contributed by atoms with Gasteiger partial charge in [-0.25, -0.2) is 0 Å². The van der Waals surface area contributed by atoms with Crippen molar-refractivity contribution in [1.29, 1.82) is 0 Å². The first-order chi connectivity index (χ1) is 14.2. The van der Waals surface area contributed by atoms with Gasteiger partial charge in [-0.2, -0.15) is 0 Å². The van der Waals surface area contributed by atoms with Gasteiger partial charge in [0.25, 0.3) is 0 Å². The van der Waals surface area contributed by atoms with Crippen LogP contribution < -0.4 is 9.64 Å². The molecule has 29 heavy (non-hydrogen) atoms. The molecule has 1 atom stereocenters. The second kappa shape index (κ2) is 8.76. The summed E-state index contributed by atoms with van der Waals surface area (Å²) in [4.78, 5) is 4.84. The number of ether oxygens (including phenoxy) is 2. The van der Waals surface area contributed by atoms with E-state index in [4.69, 9.17) is 9.47 Å². The maximum atomic E-state index is 5.28. The van der Waals surface area contributed by atoms with E-state index in [2.05, 4.69) is 51.2 Å². The molecule has 0 spiro atoms. The molecule has 2 heterocycles. The highest BCUT2D eigenvalue weighted by molar-refractivity contribution is 6.00. The van der Waals surface area contributed by atoms with Gasteiger partial charge >= 0.3 is 0 Å². The van der Waals surface area contributed by atoms with Crippen LogP contribution in [-0.4, -0.2) is 68.1 Å². The SMILES string of the molecule is COCCN1CCN(c2nnc(-c3ccc(OC)cc3)c3ccccc23)C[C@@H]1C. The molecule has 0 bridgehead atoms. The molecule has 0 radical (unpaired) electrons. The average molecular weight is 393 g/mol. The second-order valence-electron chi connectivity index (χ2n) is 7.47. The molecule has 1 fully saturated rings. The Kier molecular flexibility index (Phi) is 5.92. The molecule has 1 aromatic heterocycles. The summed E-state index contributed by atoms with van der Waals surface area (Å²) in [5, 5.41) is 11.6. The van der Waals surface area contributed by atoms with Crippen molar-refractivity contribution in [3.63, 3.8) is 0 Å². The Balaban J connectivity index is 1.65. The molecule has 0 saturated carbocycles. The van der Waals surface area contributed by atoms with Crippen molar-refractivity contribution in [3.8, 4) is 17.0 Å². The third-order valence-electron chi connectivity index (χ3n) is 5.68. The van der Waals surface area contributed by atoms with Gasteiger partial charge in [-0.15, -0.1) is 10.2 Å². The molecule has 1 aliphatic rings. The summed E-state index contributed by atoms with van der Waals surface area (Å²) in [5.74, 6) is 1.80. The van der Waals surface area contributed by atoms with Crippen LogP contribution in [0, 0.1) is 0 Å². The summed E-state index contributed by atoms with van der Waals surface area (Å²) in [6.45, 7) is 6.88. The molecule has 1 aliphatic heterocycles. The van der Waals surface area contributed by atoms with Crippen molar-refractivity contribution in [3.05, 3.63) is 48.5 Å². The van der Waals surface area contributed by atoms with E-state index in [1.807, 2.05) is 24.3 Å². The van der Waals surface area contributed by atoms with E-state index in [9.17, 15) is 0 Å². The lowest BCUT2D eigenvalue weighted by Gasteiger charge is -2.40. The van der Waals surface area contributed by atoms with Crippen LogP contribution in [-0.2, 0) is 4.74 Å². The number of rotatable bonds is 6. The van der Waals surface area contributed by atoms with Crippen LogP contribution in [0.15, 0.2) is 48.5 Å². The molecule has 0 N–H and O–H groups in total. The van der Waals surface area contributed by atoms with E-state index in [1.54, 1.807) is 14.2 Å². The van der Waals surface area contributed by atoms with Crippen molar-refractivity contribution in [2.24, 2.45) is 0 Å². The van der Waals surface area contributed by atoms with Gasteiger partial charge in [-0.1, -0.05) is 24.3 Å². The molecular formula is C23H28N4O2. The smallest absolute Gasteiger partial charge is 0.159 e. The zero-order valence-electron chi connectivity index (χ0n) is 17.3. The average Bonchev–Trinajstić information content (AvgIpc) is 2.77. The molecule has 4 rings (SSSR count). The normalized spacial score (nSPS) is 17.6. The van der Waals surface area contributed by atoms with Crippen LogP contribution in [0.5, 0.6) is 5.75 Å². The molecule has 6 nitrogen and oxygen atoms in total. The zero-order chi connectivity index (χ0) is 20.2. The van der Waals surface area contributed by atoms with E-state index in [-0.39, 0.29) is 0 Å². The van der Waals surface area contributed by atoms with Crippen LogP contribution in [0.2, 0.25) is 0 Å². The summed E-state index contributed by atoms with van der Waals surface area (Å²) in [6.07, 6.45) is 0. The highest BCUT2D eigenvalue weighted by Crippen LogP contribution is 2.32. The van der Waals surface area contributed by atoms with E-state index in [1.165, 1.54) is 0 Å². The number of anilines is 1. The fourth-order valence-electron chi connectivity index (χ4n) is 4.01. The highest BCUT2D eigenvalue weighted by Gasteiger charge is 2.26. The predicted molar refractivity (Wildman–Crippen MR) is 117 cm³/mol. The second-order valence-corrected chi connectivity index (χ2v) is 7.47. The van der Waals surface area contributed by atoms with E-state index >= 15 is 0 Å². The summed E-state index contributed by atoms with van der Waals surface area (Å²) < 4.78 is 10.5. The summed E-state index contributed by atoms with van der Waals surface area (Å²) >= 11 is 0. The topological polar surface area (TPSA) is 50.7 Å². The minimum Gasteiger partial charge on any atom is -0.497 e. The van der Waals surface area contributed by atoms with Crippen molar-refractivity contribution in [2.45, 2.75) is 13.0 Å². The Hall–Kier alpha value is -2.70. The highest BCUT2D eigenvalue weighted by atomic mass is 16.5. The molecule has 0 aliphatic carbocycles. The van der Waals surface area contributed by atoms with Gasteiger partial charge in [-0.3, -0.25) is 4.90 Å². The first kappa shape index (κ1) is 19.6. The van der Waals surface area contributed by atoms with E-state index in [0.29, 0.717) is 6.04 Å². The molecule has 6 heteroatoms. The van der Waals surface area contributed by atoms with Crippen LogP contribution in [0.1, 0.15) is 6.92 Å². The molecule has 0 amide bonds. The fraction of sp³-hybridized carbons (Fsp3) is 0.391. The number of nitrogens with zero attached hydrogens (tertiary/aromatic N) is 4. The van der Waals surface area contributed by atoms with Crippen LogP contribution in [0.4, 0.5) is 5.82 Å². The maximum absolute atomic E-state index is 5.28. The van der Waals surface area contributed by atoms with Crippen molar-refractivity contribution < 1.29 is 9.47 Å². The molecular weight excluding hydrogens is 364 g/mol. The Bertz CT molecular complexity index is 961. The van der Waals surface area contributed by atoms with E-state index in [0.717, 1.165) is 66.4 Å². The van der Waals surface area contributed by atoms with Gasteiger partial charge in [0, 0.05) is 55.7 Å². The molecule has 1 saturated heterocycles. The van der Waals surface area contributed by atoms with Crippen LogP contribution in [0.3, 0.4) is 0 Å². The molecule has 2 aromatic carbocycles. The minimum atomic E-state index is 0.445. The zero-order valence-corrected chi connectivity index (χ0v) is 17.3. The first-order valence-corrected chi connectivity index (χ1v) is 10.1. The first-order valence-electron chi connectivity index (χ1n) is 10.1. The van der Waals surface area contributed by atoms with Crippen molar-refractivity contribution in [1.82, 2.24) is 15.1 Å². The fourth-order valence-corrected chi connectivity index (χ4v) is 4.01. The number of piperazine rings is 1. The predicted octanol–water partition coefficient (Wildman–Crippen LogP) is 3.46. The van der Waals surface area contributed by atoms with Gasteiger partial charge in [0.15, 0.2) is 5.82 Å². The number of benzene rings is 2. The summed E-state index contributed by atoms with van der Waals surface area (Å²) in [7, 11) is 3.43.